The minimum atomic E-state index is -0.526. The van der Waals surface area contributed by atoms with E-state index in [0.29, 0.717) is 6.54 Å². The number of nitrogens with zero attached hydrogens (tertiary/aromatic N) is 3. The first-order valence-electron chi connectivity index (χ1n) is 8.58. The maximum atomic E-state index is 7.31. The van der Waals surface area contributed by atoms with E-state index in [1.54, 1.807) is 13.3 Å². The van der Waals surface area contributed by atoms with E-state index in [1.165, 1.54) is 5.56 Å². The highest BCUT2D eigenvalue weighted by atomic mass is 16.6. The lowest BCUT2D eigenvalue weighted by Gasteiger charge is -2.27. The highest BCUT2D eigenvalue weighted by Gasteiger charge is 2.50. The van der Waals surface area contributed by atoms with E-state index >= 15 is 0 Å². The fourth-order valence-electron chi connectivity index (χ4n) is 3.64. The third kappa shape index (κ3) is 2.51. The van der Waals surface area contributed by atoms with E-state index in [2.05, 4.69) is 26.8 Å². The van der Waals surface area contributed by atoms with Gasteiger partial charge in [0.25, 0.3) is 0 Å². The molecule has 0 amide bonds. The Morgan fingerprint density at radius 3 is 2.65 bits per heavy atom. The molecule has 0 spiro atoms. The van der Waals surface area contributed by atoms with Crippen LogP contribution in [-0.2, 0) is 11.3 Å². The minimum absolute atomic E-state index is 0.277. The van der Waals surface area contributed by atoms with Crippen molar-refractivity contribution in [3.05, 3.63) is 77.4 Å². The lowest BCUT2D eigenvalue weighted by molar-refractivity contribution is -0.00233. The first kappa shape index (κ1) is 16.5. The van der Waals surface area contributed by atoms with Crippen LogP contribution in [0.15, 0.2) is 60.4 Å². The highest BCUT2D eigenvalue weighted by Crippen LogP contribution is 2.51. The molecule has 2 heterocycles. The SMILES string of the molecule is [C-]#[N+]/C=C1\N2c3ccc(OC)cc3N(Cc3ccccc3)C2OC1(C)C. The Hall–Kier alpha value is -2.97. The zero-order chi connectivity index (χ0) is 18.3. The smallest absolute Gasteiger partial charge is 0.214 e. The summed E-state index contributed by atoms with van der Waals surface area (Å²) in [6, 6.07) is 16.3. The zero-order valence-corrected chi connectivity index (χ0v) is 15.1. The van der Waals surface area contributed by atoms with Crippen LogP contribution >= 0.6 is 0 Å². The van der Waals surface area contributed by atoms with E-state index in [1.807, 2.05) is 50.2 Å². The monoisotopic (exact) mass is 347 g/mol. The van der Waals surface area contributed by atoms with Gasteiger partial charge in [-0.15, -0.1) is 0 Å². The molecular formula is C21H21N3O2. The zero-order valence-electron chi connectivity index (χ0n) is 15.1. The summed E-state index contributed by atoms with van der Waals surface area (Å²) in [4.78, 5) is 7.86. The van der Waals surface area contributed by atoms with E-state index in [0.717, 1.165) is 22.8 Å². The second-order valence-electron chi connectivity index (χ2n) is 6.94. The first-order valence-corrected chi connectivity index (χ1v) is 8.58. The van der Waals surface area contributed by atoms with Crippen molar-refractivity contribution in [1.29, 1.82) is 0 Å². The molecule has 2 aliphatic rings. The predicted molar refractivity (Wildman–Crippen MR) is 102 cm³/mol. The van der Waals surface area contributed by atoms with Crippen LogP contribution < -0.4 is 14.5 Å². The second kappa shape index (κ2) is 6.08. The molecule has 1 unspecified atom stereocenters. The Labute approximate surface area is 153 Å². The Morgan fingerprint density at radius 1 is 1.19 bits per heavy atom. The topological polar surface area (TPSA) is 29.3 Å². The maximum Gasteiger partial charge on any atom is 0.214 e. The molecule has 2 aromatic rings. The van der Waals surface area contributed by atoms with E-state index in [4.69, 9.17) is 16.0 Å². The molecule has 5 nitrogen and oxygen atoms in total. The van der Waals surface area contributed by atoms with Crippen LogP contribution in [0.1, 0.15) is 19.4 Å². The average Bonchev–Trinajstić information content (AvgIpc) is 3.06. The van der Waals surface area contributed by atoms with Crippen molar-refractivity contribution in [2.24, 2.45) is 0 Å². The molecule has 2 aromatic carbocycles. The van der Waals surface area contributed by atoms with Crippen molar-refractivity contribution in [2.75, 3.05) is 16.9 Å². The Bertz CT molecular complexity index is 899. The van der Waals surface area contributed by atoms with Crippen LogP contribution in [0.2, 0.25) is 0 Å². The van der Waals surface area contributed by atoms with E-state index < -0.39 is 5.60 Å². The molecule has 0 aromatic heterocycles. The summed E-state index contributed by atoms with van der Waals surface area (Å²) in [6.07, 6.45) is 1.29. The number of methoxy groups -OCH3 is 1. The van der Waals surface area contributed by atoms with E-state index in [-0.39, 0.29) is 6.35 Å². The predicted octanol–water partition coefficient (Wildman–Crippen LogP) is 4.37. The van der Waals surface area contributed by atoms with Crippen LogP contribution in [-0.4, -0.2) is 19.1 Å². The standard InChI is InChI=1S/C21H21N3O2/c1-21(2)19(13-22-3)24-17-11-10-16(25-4)12-18(17)23(20(24)26-21)14-15-8-6-5-7-9-15/h5-13,20H,14H2,1-2,4H3/b19-13-. The van der Waals surface area contributed by atoms with Gasteiger partial charge in [-0.05, 0) is 31.5 Å². The summed E-state index contributed by atoms with van der Waals surface area (Å²) in [5, 5.41) is 0. The van der Waals surface area contributed by atoms with Crippen LogP contribution in [0, 0.1) is 6.57 Å². The van der Waals surface area contributed by atoms with E-state index in [9.17, 15) is 0 Å². The van der Waals surface area contributed by atoms with Gasteiger partial charge < -0.3 is 19.3 Å². The normalized spacial score (nSPS) is 21.5. The number of rotatable bonds is 3. The summed E-state index contributed by atoms with van der Waals surface area (Å²) < 4.78 is 11.8. The third-order valence-electron chi connectivity index (χ3n) is 4.90. The van der Waals surface area contributed by atoms with Crippen LogP contribution in [0.25, 0.3) is 4.85 Å². The van der Waals surface area contributed by atoms with Gasteiger partial charge in [0.15, 0.2) is 6.20 Å². The van der Waals surface area contributed by atoms with Crippen molar-refractivity contribution in [3.63, 3.8) is 0 Å². The summed E-state index contributed by atoms with van der Waals surface area (Å²) in [6.45, 7) is 12.0. The molecule has 1 saturated heterocycles. The van der Waals surface area contributed by atoms with Gasteiger partial charge >= 0.3 is 0 Å². The highest BCUT2D eigenvalue weighted by molar-refractivity contribution is 5.82. The maximum absolute atomic E-state index is 7.31. The van der Waals surface area contributed by atoms with Crippen LogP contribution in [0.3, 0.4) is 0 Å². The van der Waals surface area contributed by atoms with Gasteiger partial charge in [-0.3, -0.25) is 0 Å². The van der Waals surface area contributed by atoms with Crippen molar-refractivity contribution in [1.82, 2.24) is 0 Å². The fraction of sp³-hybridized carbons (Fsp3) is 0.286. The molecule has 0 bridgehead atoms. The van der Waals surface area contributed by atoms with Crippen LogP contribution in [0.4, 0.5) is 11.4 Å². The Kier molecular flexibility index (Phi) is 3.86. The Morgan fingerprint density at radius 2 is 1.96 bits per heavy atom. The molecule has 0 radical (unpaired) electrons. The summed E-state index contributed by atoms with van der Waals surface area (Å²) in [5.74, 6) is 0.804. The van der Waals surface area contributed by atoms with Crippen molar-refractivity contribution in [3.8, 4) is 5.75 Å². The molecule has 26 heavy (non-hydrogen) atoms. The molecule has 0 aliphatic carbocycles. The molecule has 5 heteroatoms. The summed E-state index contributed by atoms with van der Waals surface area (Å²) in [5.41, 5.74) is 3.63. The Balaban J connectivity index is 1.82. The van der Waals surface area contributed by atoms with Gasteiger partial charge in [-0.2, -0.15) is 0 Å². The fourth-order valence-corrected chi connectivity index (χ4v) is 3.64. The number of hydrogen-bond donors (Lipinski definition) is 0. The van der Waals surface area contributed by atoms with Gasteiger partial charge in [0.2, 0.25) is 6.35 Å². The second-order valence-corrected chi connectivity index (χ2v) is 6.94. The van der Waals surface area contributed by atoms with Crippen LogP contribution in [0.5, 0.6) is 5.75 Å². The van der Waals surface area contributed by atoms with Crippen molar-refractivity contribution >= 4 is 11.4 Å². The van der Waals surface area contributed by atoms with Crippen molar-refractivity contribution in [2.45, 2.75) is 32.3 Å². The van der Waals surface area contributed by atoms with Crippen molar-refractivity contribution < 1.29 is 9.47 Å². The number of hydrogen-bond acceptors (Lipinski definition) is 4. The van der Waals surface area contributed by atoms with Gasteiger partial charge in [0.1, 0.15) is 5.75 Å². The molecule has 0 saturated carbocycles. The lowest BCUT2D eigenvalue weighted by atomic mass is 10.1. The number of fused-ring (bicyclic) bond motifs is 3. The molecule has 4 rings (SSSR count). The molecule has 132 valence electrons. The molecular weight excluding hydrogens is 326 g/mol. The molecule has 0 N–H and O–H groups in total. The number of ether oxygens (including phenoxy) is 2. The minimum Gasteiger partial charge on any atom is -0.497 e. The number of anilines is 2. The van der Waals surface area contributed by atoms with Gasteiger partial charge in [0, 0.05) is 12.6 Å². The first-order chi connectivity index (χ1) is 12.5. The molecule has 1 fully saturated rings. The quantitative estimate of drug-likeness (QED) is 0.771. The average molecular weight is 347 g/mol. The number of benzene rings is 2. The molecule has 2 aliphatic heterocycles. The third-order valence-corrected chi connectivity index (χ3v) is 4.90. The summed E-state index contributed by atoms with van der Waals surface area (Å²) in [7, 11) is 1.67. The van der Waals surface area contributed by atoms with Gasteiger partial charge in [0.05, 0.1) is 36.4 Å². The largest absolute Gasteiger partial charge is 0.497 e. The van der Waals surface area contributed by atoms with Gasteiger partial charge in [-0.1, -0.05) is 30.3 Å². The molecule has 1 atom stereocenters. The summed E-state index contributed by atoms with van der Waals surface area (Å²) >= 11 is 0. The van der Waals surface area contributed by atoms with Gasteiger partial charge in [-0.25, -0.2) is 4.85 Å². The lowest BCUT2D eigenvalue weighted by Crippen LogP contribution is -2.39.